The molecule has 10 nitrogen and oxygen atoms in total. The van der Waals surface area contributed by atoms with E-state index in [0.717, 1.165) is 10.8 Å². The van der Waals surface area contributed by atoms with Crippen LogP contribution in [0.5, 0.6) is 0 Å². The molecule has 1 aromatic rings. The Morgan fingerprint density at radius 2 is 2.37 bits per heavy atom. The fourth-order valence-corrected chi connectivity index (χ4v) is 1.11. The average molecular weight is 286 g/mol. The first-order chi connectivity index (χ1) is 8.95. The van der Waals surface area contributed by atoms with Gasteiger partial charge in [-0.05, 0) is 12.2 Å². The topological polar surface area (TPSA) is 134 Å². The lowest BCUT2D eigenvalue weighted by Gasteiger charge is -2.01. The van der Waals surface area contributed by atoms with Crippen LogP contribution in [0.1, 0.15) is 0 Å². The highest BCUT2D eigenvalue weighted by Gasteiger charge is 2.14. The van der Waals surface area contributed by atoms with Gasteiger partial charge in [0.15, 0.2) is 5.11 Å². The predicted molar refractivity (Wildman–Crippen MR) is 71.3 cm³/mol. The third-order valence-electron chi connectivity index (χ3n) is 1.95. The molecule has 0 aliphatic heterocycles. The van der Waals surface area contributed by atoms with Crippen LogP contribution >= 0.6 is 12.2 Å². The van der Waals surface area contributed by atoms with Gasteiger partial charge in [-0.2, -0.15) is 5.10 Å². The van der Waals surface area contributed by atoms with E-state index in [-0.39, 0.29) is 11.7 Å². The van der Waals surface area contributed by atoms with Crippen molar-refractivity contribution in [1.29, 1.82) is 0 Å². The summed E-state index contributed by atoms with van der Waals surface area (Å²) in [6.45, 7) is -0.0597. The molecule has 19 heavy (non-hydrogen) atoms. The lowest BCUT2D eigenvalue weighted by molar-refractivity contribution is -0.386. The molecule has 0 unspecified atom stereocenters. The second-order valence-electron chi connectivity index (χ2n) is 3.19. The van der Waals surface area contributed by atoms with E-state index in [1.54, 1.807) is 7.05 Å². The maximum absolute atomic E-state index is 11.4. The van der Waals surface area contributed by atoms with E-state index in [1.807, 2.05) is 4.98 Å². The lowest BCUT2D eigenvalue weighted by Crippen LogP contribution is -2.32. The Morgan fingerprint density at radius 3 is 2.95 bits per heavy atom. The van der Waals surface area contributed by atoms with Gasteiger partial charge >= 0.3 is 16.9 Å². The minimum absolute atomic E-state index is 0.0597. The van der Waals surface area contributed by atoms with Crippen LogP contribution in [0.3, 0.4) is 0 Å². The molecule has 0 aliphatic rings. The molecule has 0 saturated carbocycles. The van der Waals surface area contributed by atoms with Gasteiger partial charge in [0, 0.05) is 13.3 Å². The molecular weight excluding hydrogens is 276 g/mol. The minimum Gasteiger partial charge on any atom is -0.364 e. The van der Waals surface area contributed by atoms with E-state index >= 15 is 0 Å². The van der Waals surface area contributed by atoms with Gasteiger partial charge in [0.1, 0.15) is 0 Å². The van der Waals surface area contributed by atoms with E-state index < -0.39 is 21.9 Å². The van der Waals surface area contributed by atoms with E-state index in [2.05, 4.69) is 15.8 Å². The molecule has 1 heterocycles. The molecule has 0 fully saturated rings. The van der Waals surface area contributed by atoms with Gasteiger partial charge in [-0.15, -0.1) is 0 Å². The molecule has 0 spiro atoms. The monoisotopic (exact) mass is 286 g/mol. The normalized spacial score (nSPS) is 10.4. The summed E-state index contributed by atoms with van der Waals surface area (Å²) in [5.41, 5.74) is -0.0860. The van der Waals surface area contributed by atoms with Crippen molar-refractivity contribution in [2.24, 2.45) is 5.10 Å². The summed E-state index contributed by atoms with van der Waals surface area (Å²) in [5, 5.41) is 17.1. The van der Waals surface area contributed by atoms with Crippen LogP contribution in [0.2, 0.25) is 0 Å². The highest BCUT2D eigenvalue weighted by atomic mass is 32.1. The molecule has 1 rings (SSSR count). The van der Waals surface area contributed by atoms with Gasteiger partial charge in [0.2, 0.25) is 0 Å². The van der Waals surface area contributed by atoms with Crippen LogP contribution < -0.4 is 22.0 Å². The SMILES string of the molecule is CNC(=S)N/N=C\Cn1cc([N+](=O)[O-])c(=O)[nH]c1=O. The van der Waals surface area contributed by atoms with Crippen LogP contribution in [-0.4, -0.2) is 32.8 Å². The Hall–Kier alpha value is -2.56. The van der Waals surface area contributed by atoms with Gasteiger partial charge in [0.05, 0.1) is 17.7 Å². The van der Waals surface area contributed by atoms with Crippen molar-refractivity contribution in [2.75, 3.05) is 7.05 Å². The molecule has 3 N–H and O–H groups in total. The fourth-order valence-electron chi connectivity index (χ4n) is 1.05. The molecule has 0 saturated heterocycles. The maximum Gasteiger partial charge on any atom is 0.350 e. The lowest BCUT2D eigenvalue weighted by atomic mass is 10.5. The molecule has 0 aliphatic carbocycles. The first-order valence-corrected chi connectivity index (χ1v) is 5.34. The molecule has 0 atom stereocenters. The third-order valence-corrected chi connectivity index (χ3v) is 2.25. The molecule has 102 valence electrons. The van der Waals surface area contributed by atoms with E-state index in [9.17, 15) is 19.7 Å². The number of rotatable bonds is 4. The molecule has 11 heteroatoms. The molecular formula is C8H10N6O4S. The highest BCUT2D eigenvalue weighted by Crippen LogP contribution is 1.97. The van der Waals surface area contributed by atoms with Crippen molar-refractivity contribution in [3.05, 3.63) is 37.1 Å². The number of hydrogen-bond acceptors (Lipinski definition) is 6. The zero-order chi connectivity index (χ0) is 14.4. The van der Waals surface area contributed by atoms with Crippen LogP contribution in [0.25, 0.3) is 0 Å². The summed E-state index contributed by atoms with van der Waals surface area (Å²) >= 11 is 4.74. The second-order valence-corrected chi connectivity index (χ2v) is 3.59. The molecule has 1 aromatic heterocycles. The molecule has 0 radical (unpaired) electrons. The Kier molecular flexibility index (Phi) is 4.88. The van der Waals surface area contributed by atoms with Gasteiger partial charge in [-0.3, -0.25) is 29.9 Å². The summed E-state index contributed by atoms with van der Waals surface area (Å²) in [4.78, 5) is 34.0. The van der Waals surface area contributed by atoms with Crippen LogP contribution in [0, 0.1) is 10.1 Å². The molecule has 0 bridgehead atoms. The second kappa shape index (κ2) is 6.39. The zero-order valence-corrected chi connectivity index (χ0v) is 10.6. The van der Waals surface area contributed by atoms with Crippen molar-refractivity contribution in [3.8, 4) is 0 Å². The summed E-state index contributed by atoms with van der Waals surface area (Å²) in [6, 6.07) is 0. The maximum atomic E-state index is 11.4. The number of H-pyrrole nitrogens is 1. The number of hydrogen-bond donors (Lipinski definition) is 3. The number of aromatic amines is 1. The minimum atomic E-state index is -1.04. The Bertz CT molecular complexity index is 633. The van der Waals surface area contributed by atoms with E-state index in [0.29, 0.717) is 0 Å². The molecule has 0 amide bonds. The summed E-state index contributed by atoms with van der Waals surface area (Å²) in [6.07, 6.45) is 2.12. The number of nitrogens with one attached hydrogen (secondary N) is 3. The van der Waals surface area contributed by atoms with Crippen molar-refractivity contribution in [2.45, 2.75) is 6.54 Å². The number of thiocarbonyl (C=S) groups is 1. The van der Waals surface area contributed by atoms with Crippen molar-refractivity contribution >= 4 is 29.2 Å². The van der Waals surface area contributed by atoms with Crippen molar-refractivity contribution in [3.63, 3.8) is 0 Å². The Labute approximate surface area is 111 Å². The largest absolute Gasteiger partial charge is 0.364 e. The predicted octanol–water partition coefficient (Wildman–Crippen LogP) is -1.48. The smallest absolute Gasteiger partial charge is 0.350 e. The van der Waals surface area contributed by atoms with Gasteiger partial charge in [-0.25, -0.2) is 4.79 Å². The van der Waals surface area contributed by atoms with E-state index in [1.165, 1.54) is 6.21 Å². The van der Waals surface area contributed by atoms with Crippen LogP contribution in [0.15, 0.2) is 20.9 Å². The van der Waals surface area contributed by atoms with Crippen molar-refractivity contribution in [1.82, 2.24) is 20.3 Å². The quantitative estimate of drug-likeness (QED) is 0.266. The first-order valence-electron chi connectivity index (χ1n) is 4.93. The Balaban J connectivity index is 2.87. The first kappa shape index (κ1) is 14.5. The summed E-state index contributed by atoms with van der Waals surface area (Å²) in [5.74, 6) is 0. The van der Waals surface area contributed by atoms with Gasteiger partial charge in [0.25, 0.3) is 0 Å². The standard InChI is InChI=1S/C8H10N6O4S/c1-9-7(19)12-10-2-3-13-4-5(14(17)18)6(15)11-8(13)16/h2,4H,3H2,1H3,(H2,9,12,19)(H,11,15,16)/b10-2-. The van der Waals surface area contributed by atoms with Gasteiger partial charge < -0.3 is 5.32 Å². The number of aromatic nitrogens is 2. The van der Waals surface area contributed by atoms with E-state index in [4.69, 9.17) is 12.2 Å². The zero-order valence-electron chi connectivity index (χ0n) is 9.74. The summed E-state index contributed by atoms with van der Waals surface area (Å²) < 4.78 is 0.938. The number of nitro groups is 1. The average Bonchev–Trinajstić information content (AvgIpc) is 2.35. The van der Waals surface area contributed by atoms with Crippen molar-refractivity contribution < 1.29 is 4.92 Å². The van der Waals surface area contributed by atoms with Crippen LogP contribution in [0.4, 0.5) is 5.69 Å². The highest BCUT2D eigenvalue weighted by molar-refractivity contribution is 7.80. The molecule has 0 aromatic carbocycles. The van der Waals surface area contributed by atoms with Crippen LogP contribution in [-0.2, 0) is 6.54 Å². The summed E-state index contributed by atoms with van der Waals surface area (Å²) in [7, 11) is 1.60. The number of hydrazone groups is 1. The third kappa shape index (κ3) is 3.99. The fraction of sp³-hybridized carbons (Fsp3) is 0.250. The van der Waals surface area contributed by atoms with Gasteiger partial charge in [-0.1, -0.05) is 0 Å². The number of nitrogens with zero attached hydrogens (tertiary/aromatic N) is 3. The Morgan fingerprint density at radius 1 is 1.68 bits per heavy atom.